The number of hydrogen-bond acceptors (Lipinski definition) is 3. The lowest BCUT2D eigenvalue weighted by Crippen LogP contribution is -2.31. The minimum atomic E-state index is -4.47. The molecule has 0 aliphatic carbocycles. The third kappa shape index (κ3) is 3.16. The third-order valence-corrected chi connectivity index (χ3v) is 2.91. The van der Waals surface area contributed by atoms with Crippen LogP contribution in [-0.4, -0.2) is 26.9 Å². The number of aliphatic hydroxyl groups excluding tert-OH is 1. The second kappa shape index (κ2) is 5.24. The average Bonchev–Trinajstić information content (AvgIpc) is 2.32. The Hall–Kier alpha value is -1.89. The monoisotopic (exact) mass is 286 g/mol. The van der Waals surface area contributed by atoms with Crippen molar-refractivity contribution in [1.82, 2.24) is 9.55 Å². The summed E-state index contributed by atoms with van der Waals surface area (Å²) in [5.74, 6) is 0.273. The molecule has 7 heteroatoms. The van der Waals surface area contributed by atoms with E-state index < -0.39 is 30.8 Å². The molecular formula is C13H13F3N2O2. The van der Waals surface area contributed by atoms with Gasteiger partial charge in [0.1, 0.15) is 5.82 Å². The van der Waals surface area contributed by atoms with E-state index >= 15 is 0 Å². The van der Waals surface area contributed by atoms with Gasteiger partial charge in [-0.1, -0.05) is 12.1 Å². The molecule has 0 saturated carbocycles. The van der Waals surface area contributed by atoms with Crippen molar-refractivity contribution < 1.29 is 18.3 Å². The van der Waals surface area contributed by atoms with E-state index in [4.69, 9.17) is 0 Å². The summed E-state index contributed by atoms with van der Waals surface area (Å²) in [6.07, 6.45) is -7.50. The molecule has 0 fully saturated rings. The first-order chi connectivity index (χ1) is 9.28. The molecule has 4 nitrogen and oxygen atoms in total. The van der Waals surface area contributed by atoms with Crippen LogP contribution in [0.15, 0.2) is 29.1 Å². The minimum absolute atomic E-state index is 0.273. The maximum Gasteiger partial charge on any atom is 0.391 e. The molecule has 2 rings (SSSR count). The van der Waals surface area contributed by atoms with Gasteiger partial charge in [-0.15, -0.1) is 0 Å². The van der Waals surface area contributed by atoms with Crippen molar-refractivity contribution in [3.05, 3.63) is 40.4 Å². The van der Waals surface area contributed by atoms with E-state index in [1.54, 1.807) is 24.3 Å². The number of para-hydroxylation sites is 1. The number of rotatable bonds is 3. The molecule has 0 aliphatic rings. The molecule has 0 spiro atoms. The normalized spacial score (nSPS) is 13.7. The highest BCUT2D eigenvalue weighted by atomic mass is 19.4. The summed E-state index contributed by atoms with van der Waals surface area (Å²) in [5, 5.41) is 9.77. The molecule has 0 amide bonds. The first-order valence-corrected chi connectivity index (χ1v) is 5.99. The van der Waals surface area contributed by atoms with Crippen molar-refractivity contribution in [2.75, 3.05) is 0 Å². The van der Waals surface area contributed by atoms with Gasteiger partial charge in [-0.05, 0) is 19.1 Å². The second-order valence-corrected chi connectivity index (χ2v) is 4.57. The van der Waals surface area contributed by atoms with Crippen molar-refractivity contribution in [1.29, 1.82) is 0 Å². The minimum Gasteiger partial charge on any atom is -0.391 e. The van der Waals surface area contributed by atoms with Gasteiger partial charge in [0.25, 0.3) is 5.56 Å². The summed E-state index contributed by atoms with van der Waals surface area (Å²) in [7, 11) is 0. The first kappa shape index (κ1) is 14.5. The Kier molecular flexibility index (Phi) is 3.80. The van der Waals surface area contributed by atoms with Gasteiger partial charge >= 0.3 is 6.18 Å². The molecule has 1 aromatic carbocycles. The highest BCUT2D eigenvalue weighted by molar-refractivity contribution is 5.77. The number of hydrogen-bond donors (Lipinski definition) is 1. The topological polar surface area (TPSA) is 55.1 Å². The number of fused-ring (bicyclic) bond motifs is 1. The van der Waals surface area contributed by atoms with Gasteiger partial charge in [0.15, 0.2) is 0 Å². The first-order valence-electron chi connectivity index (χ1n) is 5.99. The van der Waals surface area contributed by atoms with E-state index in [1.807, 2.05) is 0 Å². The van der Waals surface area contributed by atoms with Gasteiger partial charge in [0.05, 0.1) is 30.0 Å². The van der Waals surface area contributed by atoms with E-state index in [0.717, 1.165) is 4.57 Å². The molecule has 2 aromatic rings. The number of nitrogens with zero attached hydrogens (tertiary/aromatic N) is 2. The Morgan fingerprint density at radius 3 is 2.65 bits per heavy atom. The van der Waals surface area contributed by atoms with E-state index in [1.165, 1.54) is 6.92 Å². The average molecular weight is 286 g/mol. The van der Waals surface area contributed by atoms with Gasteiger partial charge in [0.2, 0.25) is 0 Å². The van der Waals surface area contributed by atoms with E-state index in [9.17, 15) is 23.1 Å². The molecule has 0 bridgehead atoms. The summed E-state index contributed by atoms with van der Waals surface area (Å²) in [6, 6.07) is 6.57. The van der Waals surface area contributed by atoms with Gasteiger partial charge in [-0.3, -0.25) is 9.36 Å². The van der Waals surface area contributed by atoms with Crippen molar-refractivity contribution in [3.8, 4) is 0 Å². The fourth-order valence-electron chi connectivity index (χ4n) is 2.04. The number of aromatic nitrogens is 2. The van der Waals surface area contributed by atoms with Crippen molar-refractivity contribution in [2.24, 2.45) is 0 Å². The number of aryl methyl sites for hydroxylation is 1. The van der Waals surface area contributed by atoms with Crippen LogP contribution in [0.1, 0.15) is 12.2 Å². The van der Waals surface area contributed by atoms with Crippen LogP contribution in [0.2, 0.25) is 0 Å². The van der Waals surface area contributed by atoms with Crippen LogP contribution in [0.25, 0.3) is 10.9 Å². The fourth-order valence-corrected chi connectivity index (χ4v) is 2.04. The zero-order valence-corrected chi connectivity index (χ0v) is 10.7. The zero-order valence-electron chi connectivity index (χ0n) is 10.7. The van der Waals surface area contributed by atoms with Crippen LogP contribution < -0.4 is 5.56 Å². The quantitative estimate of drug-likeness (QED) is 0.939. The molecule has 1 heterocycles. The summed E-state index contributed by atoms with van der Waals surface area (Å²) in [6.45, 7) is 1.09. The molecule has 0 aliphatic heterocycles. The van der Waals surface area contributed by atoms with Crippen molar-refractivity contribution in [2.45, 2.75) is 32.2 Å². The molecule has 108 valence electrons. The third-order valence-electron chi connectivity index (χ3n) is 2.91. The lowest BCUT2D eigenvalue weighted by Gasteiger charge is -2.16. The highest BCUT2D eigenvalue weighted by Gasteiger charge is 2.31. The smallest absolute Gasteiger partial charge is 0.391 e. The Morgan fingerprint density at radius 1 is 1.35 bits per heavy atom. The largest absolute Gasteiger partial charge is 0.391 e. The number of alkyl halides is 3. The standard InChI is InChI=1S/C13H13F3N2O2/c1-8-17-11-5-3-2-4-10(11)12(20)18(8)7-9(19)6-13(14,15)16/h2-5,9,19H,6-7H2,1H3. The summed E-state index contributed by atoms with van der Waals surface area (Å²) in [5.41, 5.74) is 0.0332. The molecule has 1 unspecified atom stereocenters. The molecule has 0 saturated heterocycles. The summed E-state index contributed by atoms with van der Waals surface area (Å²) >= 11 is 0. The Morgan fingerprint density at radius 2 is 2.00 bits per heavy atom. The molecular weight excluding hydrogens is 273 g/mol. The maximum absolute atomic E-state index is 12.2. The number of aliphatic hydroxyl groups is 1. The fraction of sp³-hybridized carbons (Fsp3) is 0.385. The van der Waals surface area contributed by atoms with Gasteiger partial charge in [-0.2, -0.15) is 13.2 Å². The molecule has 1 aromatic heterocycles. The van der Waals surface area contributed by atoms with Crippen LogP contribution in [0, 0.1) is 6.92 Å². The Labute approximate surface area is 112 Å². The van der Waals surface area contributed by atoms with Gasteiger partial charge in [-0.25, -0.2) is 4.98 Å². The molecule has 1 N–H and O–H groups in total. The van der Waals surface area contributed by atoms with Crippen LogP contribution in [0.5, 0.6) is 0 Å². The number of halogens is 3. The number of benzene rings is 1. The Bertz CT molecular complexity index is 679. The lowest BCUT2D eigenvalue weighted by molar-refractivity contribution is -0.154. The van der Waals surface area contributed by atoms with E-state index in [0.29, 0.717) is 10.9 Å². The van der Waals surface area contributed by atoms with E-state index in [-0.39, 0.29) is 5.82 Å². The van der Waals surface area contributed by atoms with Crippen molar-refractivity contribution >= 4 is 10.9 Å². The van der Waals surface area contributed by atoms with Crippen LogP contribution in [-0.2, 0) is 6.54 Å². The van der Waals surface area contributed by atoms with Gasteiger partial charge in [0, 0.05) is 0 Å². The second-order valence-electron chi connectivity index (χ2n) is 4.57. The van der Waals surface area contributed by atoms with Crippen LogP contribution in [0.3, 0.4) is 0 Å². The predicted molar refractivity (Wildman–Crippen MR) is 67.4 cm³/mol. The highest BCUT2D eigenvalue weighted by Crippen LogP contribution is 2.22. The summed E-state index contributed by atoms with van der Waals surface area (Å²) < 4.78 is 37.7. The predicted octanol–water partition coefficient (Wildman–Crippen LogP) is 2.02. The van der Waals surface area contributed by atoms with Crippen LogP contribution in [0.4, 0.5) is 13.2 Å². The molecule has 0 radical (unpaired) electrons. The lowest BCUT2D eigenvalue weighted by atomic mass is 10.2. The van der Waals surface area contributed by atoms with Crippen LogP contribution >= 0.6 is 0 Å². The molecule has 1 atom stereocenters. The van der Waals surface area contributed by atoms with E-state index in [2.05, 4.69) is 4.98 Å². The van der Waals surface area contributed by atoms with Gasteiger partial charge < -0.3 is 5.11 Å². The molecule has 20 heavy (non-hydrogen) atoms. The SMILES string of the molecule is Cc1nc2ccccc2c(=O)n1CC(O)CC(F)(F)F. The Balaban J connectivity index is 2.37. The summed E-state index contributed by atoms with van der Waals surface area (Å²) in [4.78, 5) is 16.3. The zero-order chi connectivity index (χ0) is 14.9. The van der Waals surface area contributed by atoms with Crippen molar-refractivity contribution in [3.63, 3.8) is 0 Å². The maximum atomic E-state index is 12.2.